The molecule has 1 aliphatic rings. The van der Waals surface area contributed by atoms with Crippen LogP contribution in [-0.4, -0.2) is 5.54 Å². The van der Waals surface area contributed by atoms with E-state index in [1.165, 1.54) is 16.7 Å². The van der Waals surface area contributed by atoms with Gasteiger partial charge in [0.1, 0.15) is 0 Å². The van der Waals surface area contributed by atoms with Crippen LogP contribution in [0.15, 0.2) is 18.2 Å². The van der Waals surface area contributed by atoms with E-state index in [0.29, 0.717) is 0 Å². The lowest BCUT2D eigenvalue weighted by Gasteiger charge is -2.20. The lowest BCUT2D eigenvalue weighted by Crippen LogP contribution is -2.35. The second kappa shape index (κ2) is 4.19. The molecule has 0 amide bonds. The Hall–Kier alpha value is -0.860. The van der Waals surface area contributed by atoms with Gasteiger partial charge >= 0.3 is 0 Å². The molecule has 0 radical (unpaired) electrons. The molecular formula is C14H22N2. The van der Waals surface area contributed by atoms with Crippen molar-refractivity contribution in [2.24, 2.45) is 5.73 Å². The number of nitrogens with two attached hydrogens (primary N) is 1. The average Bonchev–Trinajstić information content (AvgIpc) is 2.56. The van der Waals surface area contributed by atoms with Gasteiger partial charge in [0.25, 0.3) is 0 Å². The van der Waals surface area contributed by atoms with Crippen LogP contribution in [0.5, 0.6) is 0 Å². The van der Waals surface area contributed by atoms with Crippen molar-refractivity contribution in [3.63, 3.8) is 0 Å². The van der Waals surface area contributed by atoms with Gasteiger partial charge in [-0.1, -0.05) is 18.2 Å². The Labute approximate surface area is 98.2 Å². The van der Waals surface area contributed by atoms with Gasteiger partial charge in [0, 0.05) is 18.1 Å². The van der Waals surface area contributed by atoms with E-state index in [1.54, 1.807) is 0 Å². The van der Waals surface area contributed by atoms with Crippen molar-refractivity contribution in [3.05, 3.63) is 34.9 Å². The van der Waals surface area contributed by atoms with Crippen LogP contribution >= 0.6 is 0 Å². The van der Waals surface area contributed by atoms with Crippen molar-refractivity contribution in [1.29, 1.82) is 0 Å². The summed E-state index contributed by atoms with van der Waals surface area (Å²) in [5.41, 5.74) is 10.4. The quantitative estimate of drug-likeness (QED) is 0.800. The Morgan fingerprint density at radius 3 is 2.81 bits per heavy atom. The van der Waals surface area contributed by atoms with E-state index >= 15 is 0 Å². The fraction of sp³-hybridized carbons (Fsp3) is 0.571. The van der Waals surface area contributed by atoms with Gasteiger partial charge < -0.3 is 11.1 Å². The lowest BCUT2D eigenvalue weighted by molar-refractivity contribution is 0.424. The Bertz CT molecular complexity index is 377. The number of benzene rings is 1. The Balaban J connectivity index is 2.08. The average molecular weight is 218 g/mol. The highest BCUT2D eigenvalue weighted by Gasteiger charge is 2.19. The largest absolute Gasteiger partial charge is 0.324 e. The lowest BCUT2D eigenvalue weighted by atomic mass is 10.0. The van der Waals surface area contributed by atoms with E-state index in [0.717, 1.165) is 19.4 Å². The van der Waals surface area contributed by atoms with Gasteiger partial charge in [-0.3, -0.25) is 0 Å². The highest BCUT2D eigenvalue weighted by molar-refractivity contribution is 5.37. The summed E-state index contributed by atoms with van der Waals surface area (Å²) in [4.78, 5) is 0. The summed E-state index contributed by atoms with van der Waals surface area (Å²) in [7, 11) is 0. The molecule has 1 atom stereocenters. The van der Waals surface area contributed by atoms with Crippen LogP contribution in [0.2, 0.25) is 0 Å². The van der Waals surface area contributed by atoms with E-state index in [-0.39, 0.29) is 11.6 Å². The minimum Gasteiger partial charge on any atom is -0.324 e. The Morgan fingerprint density at radius 2 is 2.12 bits per heavy atom. The predicted molar refractivity (Wildman–Crippen MR) is 68.3 cm³/mol. The molecule has 0 heterocycles. The van der Waals surface area contributed by atoms with Crippen LogP contribution in [0.1, 0.15) is 49.9 Å². The van der Waals surface area contributed by atoms with Crippen molar-refractivity contribution in [1.82, 2.24) is 5.32 Å². The van der Waals surface area contributed by atoms with Gasteiger partial charge in [-0.05, 0) is 50.3 Å². The van der Waals surface area contributed by atoms with E-state index in [4.69, 9.17) is 5.73 Å². The van der Waals surface area contributed by atoms with Crippen molar-refractivity contribution < 1.29 is 0 Å². The van der Waals surface area contributed by atoms with E-state index in [1.807, 2.05) is 0 Å². The fourth-order valence-corrected chi connectivity index (χ4v) is 2.18. The third kappa shape index (κ3) is 2.63. The molecule has 0 unspecified atom stereocenters. The molecule has 2 rings (SSSR count). The smallest absolute Gasteiger partial charge is 0.0300 e. The number of hydrogen-bond donors (Lipinski definition) is 2. The van der Waals surface area contributed by atoms with E-state index < -0.39 is 0 Å². The molecule has 1 aromatic rings. The van der Waals surface area contributed by atoms with Gasteiger partial charge in [-0.2, -0.15) is 0 Å². The summed E-state index contributed by atoms with van der Waals surface area (Å²) in [6.45, 7) is 7.51. The molecule has 0 fully saturated rings. The summed E-state index contributed by atoms with van der Waals surface area (Å²) in [6.07, 6.45) is 2.24. The van der Waals surface area contributed by atoms with Crippen LogP contribution < -0.4 is 11.1 Å². The molecule has 0 bridgehead atoms. The molecule has 0 spiro atoms. The van der Waals surface area contributed by atoms with Crippen LogP contribution in [0.4, 0.5) is 0 Å². The van der Waals surface area contributed by atoms with Crippen molar-refractivity contribution in [2.75, 3.05) is 0 Å². The topological polar surface area (TPSA) is 38.0 Å². The van der Waals surface area contributed by atoms with Crippen LogP contribution in [-0.2, 0) is 13.0 Å². The normalized spacial score (nSPS) is 19.9. The zero-order valence-corrected chi connectivity index (χ0v) is 10.5. The highest BCUT2D eigenvalue weighted by Crippen LogP contribution is 2.29. The van der Waals surface area contributed by atoms with Crippen molar-refractivity contribution in [2.45, 2.75) is 51.7 Å². The van der Waals surface area contributed by atoms with Crippen LogP contribution in [0.25, 0.3) is 0 Å². The van der Waals surface area contributed by atoms with Crippen LogP contribution in [0, 0.1) is 0 Å². The minimum atomic E-state index is 0.176. The monoisotopic (exact) mass is 218 g/mol. The zero-order valence-electron chi connectivity index (χ0n) is 10.5. The predicted octanol–water partition coefficient (Wildman–Crippen LogP) is 2.52. The van der Waals surface area contributed by atoms with Gasteiger partial charge in [0.05, 0.1) is 0 Å². The van der Waals surface area contributed by atoms with Gasteiger partial charge in [0.15, 0.2) is 0 Å². The third-order valence-corrected chi connectivity index (χ3v) is 3.15. The van der Waals surface area contributed by atoms with Crippen molar-refractivity contribution in [3.8, 4) is 0 Å². The fourth-order valence-electron chi connectivity index (χ4n) is 2.18. The number of hydrogen-bond acceptors (Lipinski definition) is 2. The molecule has 2 heteroatoms. The second-order valence-electron chi connectivity index (χ2n) is 5.78. The molecule has 2 nitrogen and oxygen atoms in total. The maximum Gasteiger partial charge on any atom is 0.0300 e. The first-order chi connectivity index (χ1) is 7.46. The summed E-state index contributed by atoms with van der Waals surface area (Å²) in [5, 5.41) is 3.51. The SMILES string of the molecule is CC(C)(C)NCc1ccc2c(c1)CC[C@H]2N. The molecule has 0 saturated heterocycles. The van der Waals surface area contributed by atoms with Crippen LogP contribution in [0.3, 0.4) is 0 Å². The number of fused-ring (bicyclic) bond motifs is 1. The Kier molecular flexibility index (Phi) is 3.04. The summed E-state index contributed by atoms with van der Waals surface area (Å²) in [6, 6.07) is 6.97. The maximum atomic E-state index is 6.02. The molecule has 0 aromatic heterocycles. The molecule has 88 valence electrons. The molecule has 1 aromatic carbocycles. The first kappa shape index (κ1) is 11.6. The number of rotatable bonds is 2. The zero-order chi connectivity index (χ0) is 11.8. The van der Waals surface area contributed by atoms with Gasteiger partial charge in [0.2, 0.25) is 0 Å². The highest BCUT2D eigenvalue weighted by atomic mass is 14.9. The summed E-state index contributed by atoms with van der Waals surface area (Å²) >= 11 is 0. The number of nitrogens with one attached hydrogen (secondary N) is 1. The second-order valence-corrected chi connectivity index (χ2v) is 5.78. The molecule has 0 saturated carbocycles. The summed E-state index contributed by atoms with van der Waals surface area (Å²) < 4.78 is 0. The van der Waals surface area contributed by atoms with Crippen molar-refractivity contribution >= 4 is 0 Å². The minimum absolute atomic E-state index is 0.176. The molecule has 16 heavy (non-hydrogen) atoms. The molecule has 0 aliphatic heterocycles. The van der Waals surface area contributed by atoms with Gasteiger partial charge in [-0.25, -0.2) is 0 Å². The third-order valence-electron chi connectivity index (χ3n) is 3.15. The maximum absolute atomic E-state index is 6.02. The standard InChI is InChI=1S/C14H22N2/c1-14(2,3)16-9-10-4-6-12-11(8-10)5-7-13(12)15/h4,6,8,13,16H,5,7,9,15H2,1-3H3/t13-/m1/s1. The molecule has 1 aliphatic carbocycles. The first-order valence-electron chi connectivity index (χ1n) is 6.08. The molecular weight excluding hydrogens is 196 g/mol. The van der Waals surface area contributed by atoms with Gasteiger partial charge in [-0.15, -0.1) is 0 Å². The Morgan fingerprint density at radius 1 is 1.38 bits per heavy atom. The summed E-state index contributed by atoms with van der Waals surface area (Å²) in [5.74, 6) is 0. The molecule has 3 N–H and O–H groups in total. The van der Waals surface area contributed by atoms with E-state index in [9.17, 15) is 0 Å². The van der Waals surface area contributed by atoms with E-state index in [2.05, 4.69) is 44.3 Å². The number of aryl methyl sites for hydroxylation is 1. The first-order valence-corrected chi connectivity index (χ1v) is 6.08.